The number of halogens is 1. The van der Waals surface area contributed by atoms with E-state index >= 15 is 0 Å². The van der Waals surface area contributed by atoms with Gasteiger partial charge in [0.2, 0.25) is 0 Å². The third kappa shape index (κ3) is 40.1. The molecule has 0 rings (SSSR count). The molecule has 0 aromatic carbocycles. The zero-order valence-electron chi connectivity index (χ0n) is 9.22. The number of unbranched alkanes of at least 4 members (excludes halogenated alkanes) is 4. The topological polar surface area (TPSA) is 30.0 Å². The van der Waals surface area contributed by atoms with Gasteiger partial charge in [0.05, 0.1) is 0 Å². The average molecular weight is 275 g/mol. The Hall–Kier alpha value is 2.61. The van der Waals surface area contributed by atoms with Crippen molar-refractivity contribution in [2.75, 3.05) is 0 Å². The van der Waals surface area contributed by atoms with Crippen LogP contribution in [0.1, 0.15) is 39.0 Å². The molecule has 0 radical (unpaired) electrons. The fraction of sp³-hybridized carbons (Fsp3) is 0.750. The Morgan fingerprint density at radius 1 is 1.08 bits per heavy atom. The molecule has 0 fully saturated rings. The quantitative estimate of drug-likeness (QED) is 0.279. The van der Waals surface area contributed by atoms with Crippen molar-refractivity contribution in [2.45, 2.75) is 39.0 Å². The van der Waals surface area contributed by atoms with Gasteiger partial charge in [-0.05, 0) is 0 Å². The molecule has 0 saturated heterocycles. The van der Waals surface area contributed by atoms with Gasteiger partial charge in [0.15, 0.2) is 0 Å². The maximum atomic E-state index is 5.19. The molecule has 1 N–H and O–H groups in total. The molecular weight excluding hydrogens is 259 g/mol. The van der Waals surface area contributed by atoms with Crippen molar-refractivity contribution in [3.8, 4) is 0 Å². The third-order valence-corrected chi connectivity index (χ3v) is 1.22. The van der Waals surface area contributed by atoms with Crippen LogP contribution in [0.25, 0.3) is 0 Å². The predicted octanol–water partition coefficient (Wildman–Crippen LogP) is -6.22. The molecule has 0 aliphatic rings. The Balaban J connectivity index is -0.0000000245. The summed E-state index contributed by atoms with van der Waals surface area (Å²) in [6.45, 7) is 7.40. The molecule has 0 aromatic rings. The largest absolute Gasteiger partial charge is 2.00 e. The van der Waals surface area contributed by atoms with E-state index in [0.29, 0.717) is 0 Å². The summed E-state index contributed by atoms with van der Waals surface area (Å²) in [5.41, 5.74) is 0. The molecular formula is C8H16ClNa2OZn+. The molecule has 0 atom stereocenters. The first-order valence-electron chi connectivity index (χ1n) is 3.45. The summed E-state index contributed by atoms with van der Waals surface area (Å²) in [5, 5.41) is 0. The molecule has 64 valence electrons. The van der Waals surface area contributed by atoms with Gasteiger partial charge in [-0.3, -0.25) is 6.08 Å². The standard InChI is InChI=1S/C8H15.ClH.2Na.H2O.Zn/c1-3-5-7-8-6-4-2;;;;;/h1,3H,4-8H2,2H3;1H;;;1H2;/q-1;;2*+1;;+2/p-2. The second kappa shape index (κ2) is 36.5. The molecule has 13 heavy (non-hydrogen) atoms. The molecule has 0 aliphatic carbocycles. The van der Waals surface area contributed by atoms with Gasteiger partial charge in [0, 0.05) is 0 Å². The van der Waals surface area contributed by atoms with Gasteiger partial charge < -0.3 is 24.5 Å². The van der Waals surface area contributed by atoms with Gasteiger partial charge in [0.1, 0.15) is 0 Å². The monoisotopic (exact) mass is 273 g/mol. The van der Waals surface area contributed by atoms with Gasteiger partial charge in [-0.15, -0.1) is 0 Å². The van der Waals surface area contributed by atoms with E-state index < -0.39 is 0 Å². The van der Waals surface area contributed by atoms with E-state index in [1.54, 1.807) is 6.08 Å². The normalized spacial score (nSPS) is 5.62. The van der Waals surface area contributed by atoms with E-state index in [0.717, 1.165) is 6.42 Å². The van der Waals surface area contributed by atoms with E-state index in [4.69, 9.17) is 6.58 Å². The smallest absolute Gasteiger partial charge is 1.00 e. The van der Waals surface area contributed by atoms with Crippen LogP contribution in [-0.4, -0.2) is 5.48 Å². The van der Waals surface area contributed by atoms with Crippen LogP contribution in [0.5, 0.6) is 0 Å². The second-order valence-corrected chi connectivity index (χ2v) is 2.09. The average Bonchev–Trinajstić information content (AvgIpc) is 1.81. The summed E-state index contributed by atoms with van der Waals surface area (Å²) in [5.74, 6) is 0. The molecule has 0 saturated carbocycles. The van der Waals surface area contributed by atoms with Gasteiger partial charge in [-0.25, -0.2) is 0 Å². The van der Waals surface area contributed by atoms with Crippen LogP contribution in [0.3, 0.4) is 0 Å². The van der Waals surface area contributed by atoms with Crippen LogP contribution in [0.4, 0.5) is 0 Å². The number of hydrogen-bond donors (Lipinski definition) is 0. The first kappa shape index (κ1) is 36.1. The van der Waals surface area contributed by atoms with Gasteiger partial charge in [-0.2, -0.15) is 0 Å². The summed E-state index contributed by atoms with van der Waals surface area (Å²) >= 11 is 0. The SMILES string of the molecule is [CH-]=CCCCCCC.[Cl-].[Na+].[Na+].[OH-].[Zn+2]. The summed E-state index contributed by atoms with van der Waals surface area (Å²) in [6, 6.07) is 0. The van der Waals surface area contributed by atoms with Crippen molar-refractivity contribution in [1.82, 2.24) is 0 Å². The number of rotatable bonds is 5. The Morgan fingerprint density at radius 3 is 1.85 bits per heavy atom. The van der Waals surface area contributed by atoms with E-state index in [9.17, 15) is 0 Å². The summed E-state index contributed by atoms with van der Waals surface area (Å²) < 4.78 is 0. The molecule has 0 spiro atoms. The molecule has 0 heterocycles. The van der Waals surface area contributed by atoms with Gasteiger partial charge >= 0.3 is 78.6 Å². The summed E-state index contributed by atoms with van der Waals surface area (Å²) in [7, 11) is 0. The molecule has 0 aromatic heterocycles. The minimum Gasteiger partial charge on any atom is -1.00 e. The second-order valence-electron chi connectivity index (χ2n) is 2.09. The van der Waals surface area contributed by atoms with Crippen molar-refractivity contribution >= 4 is 0 Å². The molecule has 0 bridgehead atoms. The van der Waals surface area contributed by atoms with Crippen LogP contribution in [0, 0.1) is 6.58 Å². The van der Waals surface area contributed by atoms with Crippen LogP contribution in [-0.2, 0) is 19.5 Å². The first-order valence-corrected chi connectivity index (χ1v) is 3.45. The van der Waals surface area contributed by atoms with Gasteiger partial charge in [-0.1, -0.05) is 39.0 Å². The first-order chi connectivity index (χ1) is 3.91. The maximum Gasteiger partial charge on any atom is 2.00 e. The molecule has 0 amide bonds. The van der Waals surface area contributed by atoms with E-state index in [-0.39, 0.29) is 96.5 Å². The molecule has 0 aliphatic heterocycles. The zero-order valence-corrected chi connectivity index (χ0v) is 16.9. The fourth-order valence-corrected chi connectivity index (χ4v) is 0.689. The summed E-state index contributed by atoms with van der Waals surface area (Å²) in [6.07, 6.45) is 8.10. The molecule has 0 unspecified atom stereocenters. The molecule has 1 nitrogen and oxygen atoms in total. The van der Waals surface area contributed by atoms with Crippen LogP contribution < -0.4 is 71.5 Å². The van der Waals surface area contributed by atoms with Crippen molar-refractivity contribution in [3.05, 3.63) is 12.7 Å². The molecule has 5 heteroatoms. The predicted molar refractivity (Wildman–Crippen MR) is 39.6 cm³/mol. The Kier molecular flexibility index (Phi) is 101. The van der Waals surface area contributed by atoms with Crippen molar-refractivity contribution in [3.63, 3.8) is 0 Å². The van der Waals surface area contributed by atoms with Crippen LogP contribution in [0.15, 0.2) is 6.08 Å². The van der Waals surface area contributed by atoms with E-state index in [2.05, 4.69) is 6.92 Å². The third-order valence-electron chi connectivity index (χ3n) is 1.22. The minimum atomic E-state index is 0. The number of hydrogen-bond acceptors (Lipinski definition) is 1. The Bertz CT molecular complexity index is 68.1. The van der Waals surface area contributed by atoms with Crippen molar-refractivity contribution in [2.24, 2.45) is 0 Å². The van der Waals surface area contributed by atoms with Crippen LogP contribution >= 0.6 is 0 Å². The van der Waals surface area contributed by atoms with E-state index in [1.807, 2.05) is 0 Å². The zero-order chi connectivity index (χ0) is 6.24. The van der Waals surface area contributed by atoms with Crippen LogP contribution in [0.2, 0.25) is 0 Å². The fourth-order valence-electron chi connectivity index (χ4n) is 0.689. The minimum absolute atomic E-state index is 0. The number of allylic oxidation sites excluding steroid dienone is 1. The Labute approximate surface area is 146 Å². The van der Waals surface area contributed by atoms with E-state index in [1.165, 1.54) is 25.7 Å². The maximum absolute atomic E-state index is 5.19. The van der Waals surface area contributed by atoms with Gasteiger partial charge in [0.25, 0.3) is 0 Å². The van der Waals surface area contributed by atoms with Crippen molar-refractivity contribution in [1.29, 1.82) is 0 Å². The Morgan fingerprint density at radius 2 is 1.54 bits per heavy atom. The van der Waals surface area contributed by atoms with Crippen molar-refractivity contribution < 1.29 is 96.5 Å². The summed E-state index contributed by atoms with van der Waals surface area (Å²) in [4.78, 5) is 0.